The molecular weight excluding hydrogens is 510 g/mol. The molecule has 3 rings (SSSR count). The van der Waals surface area contributed by atoms with Crippen molar-refractivity contribution < 1.29 is 35.9 Å². The summed E-state index contributed by atoms with van der Waals surface area (Å²) >= 11 is 0. The van der Waals surface area contributed by atoms with E-state index in [-0.39, 0.29) is 24.1 Å². The van der Waals surface area contributed by atoms with Crippen LogP contribution in [0.4, 0.5) is 26.3 Å². The van der Waals surface area contributed by atoms with Gasteiger partial charge >= 0.3 is 12.4 Å². The molecule has 3 aromatic carbocycles. The van der Waals surface area contributed by atoms with E-state index in [1.54, 1.807) is 86.6 Å². The Morgan fingerprint density at radius 1 is 0.789 bits per heavy atom. The number of halogens is 6. The van der Waals surface area contributed by atoms with Gasteiger partial charge in [-0.05, 0) is 55.9 Å². The van der Waals surface area contributed by atoms with E-state index in [0.717, 1.165) is 0 Å². The summed E-state index contributed by atoms with van der Waals surface area (Å²) in [5.74, 6) is -0.333. The number of amides is 1. The number of hydrogen-bond acceptors (Lipinski definition) is 3. The van der Waals surface area contributed by atoms with Crippen LogP contribution in [-0.2, 0) is 34.1 Å². The minimum absolute atomic E-state index is 0.0621. The Kier molecular flexibility index (Phi) is 8.89. The number of ether oxygens (including phenoxy) is 1. The van der Waals surface area contributed by atoms with Crippen molar-refractivity contribution in [3.05, 3.63) is 107 Å². The summed E-state index contributed by atoms with van der Waals surface area (Å²) in [6, 6.07) is 18.0. The zero-order valence-electron chi connectivity index (χ0n) is 21.0. The molecule has 0 radical (unpaired) electrons. The highest BCUT2D eigenvalue weighted by atomic mass is 19.4. The maximum Gasteiger partial charge on any atom is 0.416 e. The second-order valence-corrected chi connectivity index (χ2v) is 9.20. The third-order valence-electron chi connectivity index (χ3n) is 5.97. The fourth-order valence-corrected chi connectivity index (χ4v) is 4.31. The zero-order valence-corrected chi connectivity index (χ0v) is 21.0. The van der Waals surface area contributed by atoms with Gasteiger partial charge in [0.1, 0.15) is 5.60 Å². The first-order chi connectivity index (χ1) is 17.7. The van der Waals surface area contributed by atoms with E-state index in [1.165, 1.54) is 0 Å². The van der Waals surface area contributed by atoms with E-state index in [0.29, 0.717) is 23.3 Å². The first kappa shape index (κ1) is 29.2. The summed E-state index contributed by atoms with van der Waals surface area (Å²) in [6.07, 6.45) is -9.97. The normalized spacial score (nSPS) is 13.4. The first-order valence-corrected chi connectivity index (χ1v) is 11.7. The van der Waals surface area contributed by atoms with Gasteiger partial charge in [-0.25, -0.2) is 0 Å². The van der Waals surface area contributed by atoms with Crippen LogP contribution in [0, 0.1) is 0 Å². The van der Waals surface area contributed by atoms with Crippen molar-refractivity contribution in [2.45, 2.75) is 37.5 Å². The van der Waals surface area contributed by atoms with E-state index >= 15 is 0 Å². The number of hydrogen-bond donors (Lipinski definition) is 1. The van der Waals surface area contributed by atoms with Gasteiger partial charge in [0.05, 0.1) is 30.3 Å². The number of benzene rings is 3. The Morgan fingerprint density at radius 3 is 1.63 bits per heavy atom. The van der Waals surface area contributed by atoms with E-state index in [4.69, 9.17) is 4.74 Å². The lowest BCUT2D eigenvalue weighted by atomic mass is 9.80. The molecule has 204 valence electrons. The quantitative estimate of drug-likeness (QED) is 0.328. The third-order valence-corrected chi connectivity index (χ3v) is 5.97. The molecule has 0 heterocycles. The predicted molar refractivity (Wildman–Crippen MR) is 131 cm³/mol. The summed E-state index contributed by atoms with van der Waals surface area (Å²) in [4.78, 5) is 14.4. The average Bonchev–Trinajstić information content (AvgIpc) is 2.84. The van der Waals surface area contributed by atoms with Gasteiger partial charge < -0.3 is 15.0 Å². The fourth-order valence-electron chi connectivity index (χ4n) is 4.31. The van der Waals surface area contributed by atoms with Crippen LogP contribution >= 0.6 is 0 Å². The van der Waals surface area contributed by atoms with E-state index in [2.05, 4.69) is 5.32 Å². The molecule has 0 aliphatic carbocycles. The number of nitrogens with zero attached hydrogens (tertiary/aromatic N) is 1. The van der Waals surface area contributed by atoms with Crippen LogP contribution in [0.2, 0.25) is 0 Å². The first-order valence-electron chi connectivity index (χ1n) is 11.7. The van der Waals surface area contributed by atoms with Crippen LogP contribution in [0.3, 0.4) is 0 Å². The van der Waals surface area contributed by atoms with Crippen molar-refractivity contribution in [2.75, 3.05) is 20.6 Å². The van der Waals surface area contributed by atoms with Crippen LogP contribution in [-0.4, -0.2) is 37.5 Å². The molecule has 10 heteroatoms. The summed E-state index contributed by atoms with van der Waals surface area (Å²) < 4.78 is 87.1. The van der Waals surface area contributed by atoms with E-state index < -0.39 is 41.7 Å². The van der Waals surface area contributed by atoms with Crippen molar-refractivity contribution in [1.82, 2.24) is 10.2 Å². The molecule has 0 fully saturated rings. The van der Waals surface area contributed by atoms with Gasteiger partial charge in [0, 0.05) is 0 Å². The van der Waals surface area contributed by atoms with Crippen LogP contribution in [0.1, 0.15) is 34.7 Å². The molecule has 1 unspecified atom stereocenters. The molecule has 0 aromatic heterocycles. The number of carbonyl (C=O) groups is 1. The molecule has 0 aliphatic rings. The van der Waals surface area contributed by atoms with E-state index in [1.807, 2.05) is 0 Å². The maximum absolute atomic E-state index is 13.5. The number of carbonyl (C=O) groups excluding carboxylic acids is 1. The van der Waals surface area contributed by atoms with Gasteiger partial charge in [-0.1, -0.05) is 60.7 Å². The second-order valence-electron chi connectivity index (χ2n) is 9.20. The average molecular weight is 539 g/mol. The molecule has 0 aliphatic heterocycles. The number of rotatable bonds is 9. The Bertz CT molecular complexity index is 1140. The van der Waals surface area contributed by atoms with Crippen molar-refractivity contribution in [3.63, 3.8) is 0 Å². The van der Waals surface area contributed by atoms with Gasteiger partial charge in [0.25, 0.3) is 0 Å². The summed E-state index contributed by atoms with van der Waals surface area (Å²) in [5, 5.41) is 2.89. The molecule has 0 spiro atoms. The Hall–Kier alpha value is -3.37. The molecule has 1 amide bonds. The third kappa shape index (κ3) is 6.93. The zero-order chi connectivity index (χ0) is 28.1. The van der Waals surface area contributed by atoms with Crippen LogP contribution in [0.15, 0.2) is 78.9 Å². The second kappa shape index (κ2) is 11.6. The molecule has 3 aromatic rings. The maximum atomic E-state index is 13.5. The molecule has 38 heavy (non-hydrogen) atoms. The minimum Gasteiger partial charge on any atom is -0.359 e. The van der Waals surface area contributed by atoms with E-state index in [9.17, 15) is 31.1 Å². The van der Waals surface area contributed by atoms with Gasteiger partial charge in [-0.3, -0.25) is 4.79 Å². The highest BCUT2D eigenvalue weighted by Gasteiger charge is 2.43. The summed E-state index contributed by atoms with van der Waals surface area (Å²) in [7, 11) is 3.43. The predicted octanol–water partition coefficient (Wildman–Crippen LogP) is 6.25. The number of nitrogens with one attached hydrogen (secondary N) is 1. The Labute approximate surface area is 217 Å². The van der Waals surface area contributed by atoms with Gasteiger partial charge in [-0.2, -0.15) is 26.3 Å². The topological polar surface area (TPSA) is 41.6 Å². The highest BCUT2D eigenvalue weighted by molar-refractivity contribution is 5.78. The molecular formula is C28H28F6N2O2. The molecule has 0 saturated heterocycles. The van der Waals surface area contributed by atoms with Gasteiger partial charge in [-0.15, -0.1) is 0 Å². The monoisotopic (exact) mass is 538 g/mol. The molecule has 1 N–H and O–H groups in total. The molecule has 4 nitrogen and oxygen atoms in total. The Balaban J connectivity index is 2.14. The van der Waals surface area contributed by atoms with Crippen molar-refractivity contribution in [1.29, 1.82) is 0 Å². The smallest absolute Gasteiger partial charge is 0.359 e. The minimum atomic E-state index is -4.99. The standard InChI is InChI=1S/C28H28F6N2O2/c1-19(35-25(37)17-36(2)3)26(21-10-6-4-7-11-21,22-12-8-5-9-13-22)38-18-20-14-23(27(29,30)31)16-24(15-20)28(32,33)34/h4-16,19H,17-18H2,1-3H3,(H,35,37). The van der Waals surface area contributed by atoms with Crippen LogP contribution < -0.4 is 5.32 Å². The number of alkyl halides is 6. The van der Waals surface area contributed by atoms with Gasteiger partial charge in [0.15, 0.2) is 0 Å². The van der Waals surface area contributed by atoms with Crippen molar-refractivity contribution in [3.8, 4) is 0 Å². The molecule has 1 atom stereocenters. The fraction of sp³-hybridized carbons (Fsp3) is 0.321. The largest absolute Gasteiger partial charge is 0.416 e. The highest BCUT2D eigenvalue weighted by Crippen LogP contribution is 2.40. The number of likely N-dealkylation sites (N-methyl/N-ethyl adjacent to an activating group) is 1. The SMILES string of the molecule is CC(NC(=O)CN(C)C)C(OCc1cc(C(F)(F)F)cc(C(F)(F)F)c1)(c1ccccc1)c1ccccc1. The summed E-state index contributed by atoms with van der Waals surface area (Å²) in [5.41, 5.74) is -3.49. The summed E-state index contributed by atoms with van der Waals surface area (Å²) in [6.45, 7) is 1.15. The van der Waals surface area contributed by atoms with Crippen molar-refractivity contribution >= 4 is 5.91 Å². The lowest BCUT2D eigenvalue weighted by Crippen LogP contribution is -2.52. The molecule has 0 bridgehead atoms. The van der Waals surface area contributed by atoms with Gasteiger partial charge in [0.2, 0.25) is 5.91 Å². The van der Waals surface area contributed by atoms with Crippen LogP contribution in [0.5, 0.6) is 0 Å². The lowest BCUT2D eigenvalue weighted by molar-refractivity contribution is -0.143. The van der Waals surface area contributed by atoms with Crippen LogP contribution in [0.25, 0.3) is 0 Å². The lowest BCUT2D eigenvalue weighted by Gasteiger charge is -2.40. The van der Waals surface area contributed by atoms with Crippen molar-refractivity contribution in [2.24, 2.45) is 0 Å². The molecule has 0 saturated carbocycles. The Morgan fingerprint density at radius 2 is 1.24 bits per heavy atom.